The van der Waals surface area contributed by atoms with Crippen molar-refractivity contribution in [3.63, 3.8) is 0 Å². The Morgan fingerprint density at radius 1 is 1.41 bits per heavy atom. The van der Waals surface area contributed by atoms with E-state index in [-0.39, 0.29) is 6.04 Å². The first-order valence-electron chi connectivity index (χ1n) is 5.58. The molecular weight excluding hydrogens is 216 g/mol. The van der Waals surface area contributed by atoms with Crippen molar-refractivity contribution in [1.29, 1.82) is 0 Å². The third kappa shape index (κ3) is 3.07. The van der Waals surface area contributed by atoms with E-state index in [0.717, 1.165) is 17.2 Å². The zero-order valence-electron chi connectivity index (χ0n) is 10.0. The predicted molar refractivity (Wildman–Crippen MR) is 64.8 cm³/mol. The molecule has 0 aliphatic heterocycles. The van der Waals surface area contributed by atoms with Gasteiger partial charge in [0.25, 0.3) is 0 Å². The summed E-state index contributed by atoms with van der Waals surface area (Å²) in [4.78, 5) is 4.33. The molecule has 2 rings (SSSR count). The van der Waals surface area contributed by atoms with Gasteiger partial charge in [-0.3, -0.25) is 4.98 Å². The molecule has 0 spiro atoms. The summed E-state index contributed by atoms with van der Waals surface area (Å²) >= 11 is 0. The lowest BCUT2D eigenvalue weighted by atomic mass is 10.2. The summed E-state index contributed by atoms with van der Waals surface area (Å²) in [5, 5.41) is 3.14. The minimum absolute atomic E-state index is 0.245. The van der Waals surface area contributed by atoms with Gasteiger partial charge in [-0.2, -0.15) is 0 Å². The van der Waals surface area contributed by atoms with E-state index in [1.165, 1.54) is 0 Å². The molecule has 2 aromatic rings. The third-order valence-electron chi connectivity index (χ3n) is 2.60. The zero-order valence-corrected chi connectivity index (χ0v) is 10.0. The van der Waals surface area contributed by atoms with Crippen LogP contribution in [0.5, 0.6) is 5.75 Å². The van der Waals surface area contributed by atoms with Gasteiger partial charge in [-0.15, -0.1) is 0 Å². The lowest BCUT2D eigenvalue weighted by Crippen LogP contribution is -2.13. The Balaban J connectivity index is 1.94. The molecule has 1 atom stereocenters. The number of hydrogen-bond acceptors (Lipinski definition) is 4. The molecule has 2 aromatic heterocycles. The predicted octanol–water partition coefficient (Wildman–Crippen LogP) is 2.53. The number of pyridine rings is 1. The lowest BCUT2D eigenvalue weighted by molar-refractivity contribution is 0.269. The molecule has 0 aliphatic carbocycles. The molecule has 1 N–H and O–H groups in total. The number of rotatable bonds is 5. The van der Waals surface area contributed by atoms with E-state index in [4.69, 9.17) is 9.15 Å². The Bertz CT molecular complexity index is 437. The molecule has 90 valence electrons. The standard InChI is InChI=1S/C13H16N2O2/c1-10(14-2)13-6-5-11(8-15-13)17-9-12-4-3-7-16-12/h3-8,10,14H,9H2,1-2H3. The number of nitrogens with one attached hydrogen (secondary N) is 1. The van der Waals surface area contributed by atoms with E-state index < -0.39 is 0 Å². The Hall–Kier alpha value is -1.81. The Labute approximate surface area is 101 Å². The topological polar surface area (TPSA) is 47.3 Å². The molecular formula is C13H16N2O2. The van der Waals surface area contributed by atoms with Gasteiger partial charge >= 0.3 is 0 Å². The maximum absolute atomic E-state index is 5.54. The molecule has 0 aliphatic rings. The largest absolute Gasteiger partial charge is 0.484 e. The smallest absolute Gasteiger partial charge is 0.146 e. The van der Waals surface area contributed by atoms with E-state index in [2.05, 4.69) is 17.2 Å². The fourth-order valence-electron chi connectivity index (χ4n) is 1.43. The summed E-state index contributed by atoms with van der Waals surface area (Å²) in [7, 11) is 1.91. The normalized spacial score (nSPS) is 12.4. The molecule has 4 nitrogen and oxygen atoms in total. The summed E-state index contributed by atoms with van der Waals surface area (Å²) in [5.74, 6) is 1.55. The van der Waals surface area contributed by atoms with Gasteiger partial charge < -0.3 is 14.5 Å². The Kier molecular flexibility index (Phi) is 3.77. The summed E-state index contributed by atoms with van der Waals surface area (Å²) < 4.78 is 10.7. The van der Waals surface area contributed by atoms with Crippen LogP contribution in [0.25, 0.3) is 0 Å². The van der Waals surface area contributed by atoms with Crippen LogP contribution in [0.2, 0.25) is 0 Å². The van der Waals surface area contributed by atoms with Crippen molar-refractivity contribution < 1.29 is 9.15 Å². The van der Waals surface area contributed by atoms with Gasteiger partial charge in [0, 0.05) is 6.04 Å². The van der Waals surface area contributed by atoms with Crippen LogP contribution in [0.3, 0.4) is 0 Å². The van der Waals surface area contributed by atoms with Crippen LogP contribution in [0.1, 0.15) is 24.4 Å². The molecule has 0 fully saturated rings. The minimum Gasteiger partial charge on any atom is -0.484 e. The van der Waals surface area contributed by atoms with Gasteiger partial charge in [-0.05, 0) is 38.2 Å². The van der Waals surface area contributed by atoms with Crippen molar-refractivity contribution in [3.8, 4) is 5.75 Å². The monoisotopic (exact) mass is 232 g/mol. The number of ether oxygens (including phenoxy) is 1. The minimum atomic E-state index is 0.245. The van der Waals surface area contributed by atoms with Gasteiger partial charge in [-0.25, -0.2) is 0 Å². The summed E-state index contributed by atoms with van der Waals surface area (Å²) in [5.41, 5.74) is 0.998. The van der Waals surface area contributed by atoms with E-state index in [1.54, 1.807) is 12.5 Å². The summed E-state index contributed by atoms with van der Waals surface area (Å²) in [6, 6.07) is 7.84. The molecule has 17 heavy (non-hydrogen) atoms. The lowest BCUT2D eigenvalue weighted by Gasteiger charge is -2.10. The Morgan fingerprint density at radius 2 is 2.29 bits per heavy atom. The van der Waals surface area contributed by atoms with Crippen LogP contribution in [-0.4, -0.2) is 12.0 Å². The van der Waals surface area contributed by atoms with Crippen molar-refractivity contribution in [2.24, 2.45) is 0 Å². The molecule has 0 aromatic carbocycles. The average molecular weight is 232 g/mol. The van der Waals surface area contributed by atoms with E-state index >= 15 is 0 Å². The zero-order chi connectivity index (χ0) is 12.1. The summed E-state index contributed by atoms with van der Waals surface area (Å²) in [6.45, 7) is 2.49. The number of hydrogen-bond donors (Lipinski definition) is 1. The van der Waals surface area contributed by atoms with Crippen molar-refractivity contribution in [2.45, 2.75) is 19.6 Å². The first-order valence-corrected chi connectivity index (χ1v) is 5.58. The fourth-order valence-corrected chi connectivity index (χ4v) is 1.43. The van der Waals surface area contributed by atoms with Crippen LogP contribution in [0.4, 0.5) is 0 Å². The van der Waals surface area contributed by atoms with Crippen LogP contribution < -0.4 is 10.1 Å². The number of nitrogens with zero attached hydrogens (tertiary/aromatic N) is 1. The first-order chi connectivity index (χ1) is 8.29. The van der Waals surface area contributed by atoms with Crippen molar-refractivity contribution in [3.05, 3.63) is 48.2 Å². The Morgan fingerprint density at radius 3 is 2.88 bits per heavy atom. The van der Waals surface area contributed by atoms with E-state index in [0.29, 0.717) is 6.61 Å². The molecule has 0 saturated heterocycles. The second-order valence-electron chi connectivity index (χ2n) is 3.80. The van der Waals surface area contributed by atoms with Crippen molar-refractivity contribution in [2.75, 3.05) is 7.05 Å². The first kappa shape index (κ1) is 11.7. The van der Waals surface area contributed by atoms with Crippen molar-refractivity contribution >= 4 is 0 Å². The fraction of sp³-hybridized carbons (Fsp3) is 0.308. The van der Waals surface area contributed by atoms with Gasteiger partial charge in [-0.1, -0.05) is 0 Å². The number of aromatic nitrogens is 1. The van der Waals surface area contributed by atoms with E-state index in [9.17, 15) is 0 Å². The second-order valence-corrected chi connectivity index (χ2v) is 3.80. The highest BCUT2D eigenvalue weighted by molar-refractivity contribution is 5.21. The van der Waals surface area contributed by atoms with Crippen molar-refractivity contribution in [1.82, 2.24) is 10.3 Å². The molecule has 0 radical (unpaired) electrons. The molecule has 1 unspecified atom stereocenters. The molecule has 4 heteroatoms. The highest BCUT2D eigenvalue weighted by Gasteiger charge is 2.04. The molecule has 0 amide bonds. The highest BCUT2D eigenvalue weighted by Crippen LogP contribution is 2.15. The molecule has 0 saturated carbocycles. The maximum atomic E-state index is 5.54. The SMILES string of the molecule is CNC(C)c1ccc(OCc2ccco2)cn1. The number of furan rings is 1. The van der Waals surface area contributed by atoms with Crippen LogP contribution >= 0.6 is 0 Å². The van der Waals surface area contributed by atoms with Crippen LogP contribution in [0.15, 0.2) is 41.1 Å². The van der Waals surface area contributed by atoms with Gasteiger partial charge in [0.15, 0.2) is 0 Å². The second kappa shape index (κ2) is 5.50. The van der Waals surface area contributed by atoms with Gasteiger partial charge in [0.1, 0.15) is 18.1 Å². The maximum Gasteiger partial charge on any atom is 0.146 e. The van der Waals surface area contributed by atoms with Crippen LogP contribution in [-0.2, 0) is 6.61 Å². The highest BCUT2D eigenvalue weighted by atomic mass is 16.5. The summed E-state index contributed by atoms with van der Waals surface area (Å²) in [6.07, 6.45) is 3.36. The molecule has 2 heterocycles. The van der Waals surface area contributed by atoms with Gasteiger partial charge in [0.2, 0.25) is 0 Å². The van der Waals surface area contributed by atoms with Crippen LogP contribution in [0, 0.1) is 0 Å². The molecule has 0 bridgehead atoms. The third-order valence-corrected chi connectivity index (χ3v) is 2.60. The average Bonchev–Trinajstić information content (AvgIpc) is 2.89. The van der Waals surface area contributed by atoms with Gasteiger partial charge in [0.05, 0.1) is 18.2 Å². The van der Waals surface area contributed by atoms with E-state index in [1.807, 2.05) is 31.3 Å². The quantitative estimate of drug-likeness (QED) is 0.860.